The van der Waals surface area contributed by atoms with Crippen LogP contribution in [0.25, 0.3) is 5.65 Å². The fourth-order valence-electron chi connectivity index (χ4n) is 3.95. The van der Waals surface area contributed by atoms with Crippen LogP contribution in [0.3, 0.4) is 0 Å². The average molecular weight is 484 g/mol. The molecule has 2 N–H and O–H groups in total. The Morgan fingerprint density at radius 3 is 2.77 bits per heavy atom. The first kappa shape index (κ1) is 22.3. The second kappa shape index (κ2) is 8.55. The van der Waals surface area contributed by atoms with Gasteiger partial charge in [0.05, 0.1) is 23.7 Å². The first-order valence-corrected chi connectivity index (χ1v) is 12.5. The topological polar surface area (TPSA) is 99.8 Å². The zero-order valence-corrected chi connectivity index (χ0v) is 19.4. The Labute approximate surface area is 190 Å². The third kappa shape index (κ3) is 4.80. The Hall–Kier alpha value is -1.91. The predicted octanol–water partition coefficient (Wildman–Crippen LogP) is 3.93. The fourth-order valence-corrected chi connectivity index (χ4v) is 4.85. The monoisotopic (exact) mass is 483 g/mol. The van der Waals surface area contributed by atoms with Crippen LogP contribution in [0.4, 0.5) is 5.69 Å². The van der Waals surface area contributed by atoms with Crippen molar-refractivity contribution in [1.82, 2.24) is 19.5 Å². The molecule has 4 rings (SSSR count). The highest BCUT2D eigenvalue weighted by Gasteiger charge is 2.33. The normalized spacial score (nSPS) is 18.9. The Bertz CT molecular complexity index is 1190. The summed E-state index contributed by atoms with van der Waals surface area (Å²) in [6, 6.07) is 6.42. The van der Waals surface area contributed by atoms with Crippen LogP contribution in [0.5, 0.6) is 0 Å². The molecule has 0 amide bonds. The van der Waals surface area contributed by atoms with Gasteiger partial charge in [-0.15, -0.1) is 0 Å². The molecular formula is C20H23Cl2N5O3S. The van der Waals surface area contributed by atoms with Gasteiger partial charge in [-0.1, -0.05) is 29.6 Å². The van der Waals surface area contributed by atoms with Crippen LogP contribution in [0.1, 0.15) is 48.4 Å². The highest BCUT2D eigenvalue weighted by atomic mass is 35.5. The van der Waals surface area contributed by atoms with Gasteiger partial charge in [-0.25, -0.2) is 17.9 Å². The zero-order valence-electron chi connectivity index (χ0n) is 17.1. The SMILES string of the molecule is Cc1cn2nc([C@@H]3CCCCN3C(O)c3cc(Cl)ccc3NS(C)(=O)=O)cc2nc1Cl. The molecule has 1 fully saturated rings. The minimum absolute atomic E-state index is 0.172. The number of piperidine rings is 1. The molecular weight excluding hydrogens is 461 g/mol. The molecule has 3 aromatic rings. The van der Waals surface area contributed by atoms with Gasteiger partial charge >= 0.3 is 0 Å². The minimum Gasteiger partial charge on any atom is -0.374 e. The van der Waals surface area contributed by atoms with E-state index in [9.17, 15) is 13.5 Å². The predicted molar refractivity (Wildman–Crippen MR) is 121 cm³/mol. The highest BCUT2D eigenvalue weighted by Crippen LogP contribution is 2.39. The number of likely N-dealkylation sites (tertiary alicyclic amines) is 1. The van der Waals surface area contributed by atoms with E-state index in [0.29, 0.717) is 33.6 Å². The number of sulfonamides is 1. The number of aliphatic hydroxyl groups excluding tert-OH is 1. The van der Waals surface area contributed by atoms with Gasteiger partial charge in [0, 0.05) is 35.0 Å². The molecule has 3 heterocycles. The van der Waals surface area contributed by atoms with Crippen LogP contribution in [0.2, 0.25) is 10.2 Å². The number of rotatable bonds is 5. The molecule has 0 saturated carbocycles. The van der Waals surface area contributed by atoms with E-state index in [1.54, 1.807) is 22.7 Å². The fraction of sp³-hybridized carbons (Fsp3) is 0.400. The molecule has 8 nitrogen and oxygen atoms in total. The van der Waals surface area contributed by atoms with E-state index in [0.717, 1.165) is 36.8 Å². The quantitative estimate of drug-likeness (QED) is 0.533. The molecule has 1 saturated heterocycles. The third-order valence-corrected chi connectivity index (χ3v) is 6.58. The third-order valence-electron chi connectivity index (χ3n) is 5.38. The second-order valence-corrected chi connectivity index (χ2v) is 10.4. The summed E-state index contributed by atoms with van der Waals surface area (Å²) in [7, 11) is -3.53. The minimum atomic E-state index is -3.53. The Balaban J connectivity index is 1.72. The van der Waals surface area contributed by atoms with Crippen molar-refractivity contribution in [1.29, 1.82) is 0 Å². The lowest BCUT2D eigenvalue weighted by molar-refractivity contribution is -0.0451. The molecule has 2 aromatic heterocycles. The van der Waals surface area contributed by atoms with Crippen molar-refractivity contribution >= 4 is 44.6 Å². The first-order chi connectivity index (χ1) is 14.6. The lowest BCUT2D eigenvalue weighted by atomic mass is 9.97. The Kier molecular flexibility index (Phi) is 6.15. The zero-order chi connectivity index (χ0) is 22.3. The Morgan fingerprint density at radius 1 is 1.26 bits per heavy atom. The number of benzene rings is 1. The number of aromatic nitrogens is 3. The first-order valence-electron chi connectivity index (χ1n) is 9.86. The lowest BCUT2D eigenvalue weighted by Crippen LogP contribution is -2.37. The number of hydrogen-bond acceptors (Lipinski definition) is 6. The summed E-state index contributed by atoms with van der Waals surface area (Å²) in [5, 5.41) is 16.8. The van der Waals surface area contributed by atoms with Crippen molar-refractivity contribution < 1.29 is 13.5 Å². The molecule has 1 aromatic carbocycles. The van der Waals surface area contributed by atoms with Crippen molar-refractivity contribution in [3.63, 3.8) is 0 Å². The van der Waals surface area contributed by atoms with E-state index in [-0.39, 0.29) is 6.04 Å². The van der Waals surface area contributed by atoms with E-state index in [2.05, 4.69) is 14.8 Å². The van der Waals surface area contributed by atoms with Gasteiger partial charge in [0.15, 0.2) is 5.65 Å². The number of nitrogens with zero attached hydrogens (tertiary/aromatic N) is 4. The summed E-state index contributed by atoms with van der Waals surface area (Å²) in [6.07, 6.45) is 4.50. The summed E-state index contributed by atoms with van der Waals surface area (Å²) >= 11 is 12.3. The maximum absolute atomic E-state index is 11.8. The molecule has 166 valence electrons. The van der Waals surface area contributed by atoms with Gasteiger partial charge < -0.3 is 5.11 Å². The van der Waals surface area contributed by atoms with Gasteiger partial charge in [0.1, 0.15) is 11.4 Å². The van der Waals surface area contributed by atoms with Gasteiger partial charge in [0.25, 0.3) is 0 Å². The number of halogens is 2. The summed E-state index contributed by atoms with van der Waals surface area (Å²) in [5.41, 5.74) is 2.91. The molecule has 2 atom stereocenters. The largest absolute Gasteiger partial charge is 0.374 e. The van der Waals surface area contributed by atoms with Gasteiger partial charge in [-0.3, -0.25) is 9.62 Å². The van der Waals surface area contributed by atoms with Crippen molar-refractivity contribution in [3.05, 3.63) is 57.5 Å². The van der Waals surface area contributed by atoms with Gasteiger partial charge in [-0.05, 0) is 38.0 Å². The molecule has 0 aliphatic carbocycles. The van der Waals surface area contributed by atoms with Crippen LogP contribution in [-0.2, 0) is 10.0 Å². The van der Waals surface area contributed by atoms with Gasteiger partial charge in [-0.2, -0.15) is 5.10 Å². The van der Waals surface area contributed by atoms with Crippen molar-refractivity contribution in [2.75, 3.05) is 17.5 Å². The average Bonchev–Trinajstić information content (AvgIpc) is 3.10. The number of aryl methyl sites for hydroxylation is 1. The van der Waals surface area contributed by atoms with E-state index in [1.807, 2.05) is 24.1 Å². The Morgan fingerprint density at radius 2 is 2.03 bits per heavy atom. The molecule has 1 aliphatic rings. The van der Waals surface area contributed by atoms with Crippen LogP contribution < -0.4 is 4.72 Å². The highest BCUT2D eigenvalue weighted by molar-refractivity contribution is 7.92. The van der Waals surface area contributed by atoms with Crippen molar-refractivity contribution in [3.8, 4) is 0 Å². The summed E-state index contributed by atoms with van der Waals surface area (Å²) < 4.78 is 27.8. The summed E-state index contributed by atoms with van der Waals surface area (Å²) in [4.78, 5) is 6.29. The summed E-state index contributed by atoms with van der Waals surface area (Å²) in [6.45, 7) is 2.49. The van der Waals surface area contributed by atoms with E-state index in [1.165, 1.54) is 0 Å². The lowest BCUT2D eigenvalue weighted by Gasteiger charge is -2.38. The van der Waals surface area contributed by atoms with E-state index in [4.69, 9.17) is 23.2 Å². The maximum atomic E-state index is 11.8. The molecule has 0 spiro atoms. The molecule has 0 radical (unpaired) electrons. The molecule has 0 bridgehead atoms. The van der Waals surface area contributed by atoms with Crippen LogP contribution >= 0.6 is 23.2 Å². The van der Waals surface area contributed by atoms with Crippen molar-refractivity contribution in [2.45, 2.75) is 38.5 Å². The smallest absolute Gasteiger partial charge is 0.229 e. The molecule has 1 aliphatic heterocycles. The second-order valence-electron chi connectivity index (χ2n) is 7.82. The molecule has 11 heteroatoms. The number of anilines is 1. The number of nitrogens with one attached hydrogen (secondary N) is 1. The van der Waals surface area contributed by atoms with Crippen LogP contribution in [0.15, 0.2) is 30.5 Å². The van der Waals surface area contributed by atoms with Gasteiger partial charge in [0.2, 0.25) is 10.0 Å². The maximum Gasteiger partial charge on any atom is 0.229 e. The number of fused-ring (bicyclic) bond motifs is 1. The van der Waals surface area contributed by atoms with Crippen molar-refractivity contribution in [2.24, 2.45) is 0 Å². The van der Waals surface area contributed by atoms with Crippen LogP contribution in [0, 0.1) is 6.92 Å². The number of aliphatic hydroxyl groups is 1. The van der Waals surface area contributed by atoms with E-state index >= 15 is 0 Å². The van der Waals surface area contributed by atoms with Crippen LogP contribution in [-0.4, -0.2) is 45.8 Å². The summed E-state index contributed by atoms with van der Waals surface area (Å²) in [5.74, 6) is 0. The molecule has 31 heavy (non-hydrogen) atoms. The van der Waals surface area contributed by atoms with E-state index < -0.39 is 16.3 Å². The standard InChI is InChI=1S/C20H23Cl2N5O3S/c1-12-11-27-18(23-19(12)22)10-16(24-27)17-5-3-4-8-26(17)20(28)14-9-13(21)6-7-15(14)25-31(2,29)30/h6-7,9-11,17,20,25,28H,3-5,8H2,1-2H3/t17-,20?/m0/s1. The molecule has 1 unspecified atom stereocenters. The number of hydrogen-bond donors (Lipinski definition) is 2.